The third kappa shape index (κ3) is 17.4. The van der Waals surface area contributed by atoms with E-state index in [2.05, 4.69) is 128 Å². The lowest BCUT2D eigenvalue weighted by molar-refractivity contribution is -0.164. The third-order valence-electron chi connectivity index (χ3n) is 24.3. The molecule has 4 aliphatic carbocycles. The van der Waals surface area contributed by atoms with Crippen LogP contribution in [0.5, 0.6) is 23.0 Å². The standard InChI is InChI=1S/2C46H51Cl2NO5/c2*1-6-35(30-10-8-7-9-11-30)37-22-33-25-43-41(24-32(33)23-38(37)46(51)54-42-20-28(4)12-18-36(42)27(2)3)49(5)45(50)44(53-43)31-14-16-34(17-15-31)52-26-29-13-19-39(47)40(48)21-29/h2*7-11,13-17,19,21,24-25,27-28,35-38,42,44H,6,12,18,20,22-23,26H2,1-5H3/t28-,35+,36+,37?,38-,42-,44-;28-,35-,36+,37?,38-,42-,44-/m11/s1. The molecule has 2 unspecified atom stereocenters. The van der Waals surface area contributed by atoms with Gasteiger partial charge in [0.2, 0.25) is 12.2 Å². The molecule has 0 bridgehead atoms. The zero-order chi connectivity index (χ0) is 76.2. The second-order valence-electron chi connectivity index (χ2n) is 32.0. The molecule has 8 aromatic rings. The molecule has 0 saturated heterocycles. The summed E-state index contributed by atoms with van der Waals surface area (Å²) in [5, 5.41) is 1.96. The summed E-state index contributed by atoms with van der Waals surface area (Å²) in [4.78, 5) is 59.9. The maximum absolute atomic E-state index is 14.5. The largest absolute Gasteiger partial charge is 0.489 e. The van der Waals surface area contributed by atoms with Crippen molar-refractivity contribution in [2.24, 2.45) is 59.2 Å². The third-order valence-corrected chi connectivity index (χ3v) is 25.8. The number of amides is 2. The van der Waals surface area contributed by atoms with E-state index in [9.17, 15) is 19.2 Å². The smallest absolute Gasteiger partial charge is 0.309 e. The topological polar surface area (TPSA) is 130 Å². The molecule has 6 aliphatic rings. The number of halogens is 4. The molecule has 0 spiro atoms. The van der Waals surface area contributed by atoms with Gasteiger partial charge in [0, 0.05) is 25.2 Å². The van der Waals surface area contributed by atoms with Crippen LogP contribution in [0, 0.1) is 59.2 Å². The Morgan fingerprint density at radius 2 is 0.824 bits per heavy atom. The minimum atomic E-state index is -0.800. The molecule has 2 fully saturated rings. The zero-order valence-electron chi connectivity index (χ0n) is 63.8. The van der Waals surface area contributed by atoms with Crippen molar-refractivity contribution in [2.75, 3.05) is 23.9 Å². The summed E-state index contributed by atoms with van der Waals surface area (Å²) < 4.78 is 38.2. The van der Waals surface area contributed by atoms with Gasteiger partial charge in [0.15, 0.2) is 0 Å². The van der Waals surface area contributed by atoms with Crippen molar-refractivity contribution >= 4 is 81.5 Å². The van der Waals surface area contributed by atoms with Crippen LogP contribution in [0.4, 0.5) is 11.4 Å². The second kappa shape index (κ2) is 34.5. The second-order valence-corrected chi connectivity index (χ2v) is 33.6. The van der Waals surface area contributed by atoms with Crippen molar-refractivity contribution in [1.29, 1.82) is 0 Å². The van der Waals surface area contributed by atoms with Gasteiger partial charge in [0.1, 0.15) is 48.4 Å². The van der Waals surface area contributed by atoms with Crippen molar-refractivity contribution in [1.82, 2.24) is 0 Å². The summed E-state index contributed by atoms with van der Waals surface area (Å²) >= 11 is 24.4. The van der Waals surface area contributed by atoms with Crippen LogP contribution < -0.4 is 28.7 Å². The number of hydrogen-bond donors (Lipinski definition) is 0. The van der Waals surface area contributed by atoms with Crippen LogP contribution >= 0.6 is 46.4 Å². The Kier molecular flexibility index (Phi) is 25.0. The van der Waals surface area contributed by atoms with E-state index in [1.54, 1.807) is 48.2 Å². The van der Waals surface area contributed by atoms with E-state index >= 15 is 0 Å². The number of fused-ring (bicyclic) bond motifs is 4. The highest BCUT2D eigenvalue weighted by Crippen LogP contribution is 2.51. The van der Waals surface area contributed by atoms with Gasteiger partial charge in [-0.05, 0) is 241 Å². The number of carbonyl (C=O) groups excluding carboxylic acids is 4. The fourth-order valence-electron chi connectivity index (χ4n) is 18.1. The molecule has 2 saturated carbocycles. The molecule has 0 aromatic heterocycles. The summed E-state index contributed by atoms with van der Waals surface area (Å²) in [5.74, 6) is 4.89. The molecule has 16 heteroatoms. The first-order chi connectivity index (χ1) is 52.0. The molecular formula is C92H102Cl4N2O10. The molecule has 14 atom stereocenters. The summed E-state index contributed by atoms with van der Waals surface area (Å²) in [6, 6.07) is 55.3. The van der Waals surface area contributed by atoms with E-state index in [0.717, 1.165) is 107 Å². The van der Waals surface area contributed by atoms with Crippen LogP contribution in [0.1, 0.15) is 186 Å². The van der Waals surface area contributed by atoms with Gasteiger partial charge in [0.05, 0.1) is 43.3 Å². The molecule has 2 amide bonds. The predicted octanol–water partition coefficient (Wildman–Crippen LogP) is 22.4. The van der Waals surface area contributed by atoms with Crippen molar-refractivity contribution in [3.05, 3.63) is 246 Å². The van der Waals surface area contributed by atoms with Gasteiger partial charge in [0.25, 0.3) is 11.8 Å². The first kappa shape index (κ1) is 78.1. The van der Waals surface area contributed by atoms with E-state index < -0.39 is 12.2 Å². The molecule has 2 heterocycles. The van der Waals surface area contributed by atoms with Crippen LogP contribution in [0.3, 0.4) is 0 Å². The fourth-order valence-corrected chi connectivity index (χ4v) is 18.7. The van der Waals surface area contributed by atoms with Gasteiger partial charge in [-0.3, -0.25) is 19.2 Å². The highest BCUT2D eigenvalue weighted by molar-refractivity contribution is 6.42. The van der Waals surface area contributed by atoms with Crippen molar-refractivity contribution in [2.45, 2.75) is 182 Å². The maximum atomic E-state index is 14.5. The molecule has 108 heavy (non-hydrogen) atoms. The lowest BCUT2D eigenvalue weighted by Gasteiger charge is -2.41. The lowest BCUT2D eigenvalue weighted by atomic mass is 9.67. The number of hydrogen-bond acceptors (Lipinski definition) is 10. The summed E-state index contributed by atoms with van der Waals surface area (Å²) in [6.07, 6.45) is 9.11. The summed E-state index contributed by atoms with van der Waals surface area (Å²) in [6.45, 7) is 18.7. The Bertz CT molecular complexity index is 4210. The average molecular weight is 1540 g/mol. The maximum Gasteiger partial charge on any atom is 0.309 e. The number of anilines is 2. The van der Waals surface area contributed by atoms with E-state index in [1.165, 1.54) is 24.0 Å². The van der Waals surface area contributed by atoms with Gasteiger partial charge in [-0.15, -0.1) is 0 Å². The first-order valence-electron chi connectivity index (χ1n) is 39.0. The van der Waals surface area contributed by atoms with Crippen LogP contribution in [0.15, 0.2) is 170 Å². The number of benzene rings is 8. The number of likely N-dealkylation sites (N-methyl/N-ethyl adjacent to an activating group) is 2. The summed E-state index contributed by atoms with van der Waals surface area (Å²) in [7, 11) is 3.60. The van der Waals surface area contributed by atoms with E-state index in [-0.39, 0.29) is 71.5 Å². The highest BCUT2D eigenvalue weighted by atomic mass is 35.5. The number of nitrogens with zero attached hydrogens (tertiary/aromatic N) is 2. The molecule has 0 radical (unpaired) electrons. The normalized spacial score (nSPS) is 24.3. The van der Waals surface area contributed by atoms with Crippen molar-refractivity contribution < 1.29 is 47.6 Å². The van der Waals surface area contributed by atoms with Gasteiger partial charge in [-0.25, -0.2) is 0 Å². The number of ether oxygens (including phenoxy) is 6. The number of esters is 2. The van der Waals surface area contributed by atoms with E-state index in [0.29, 0.717) is 105 Å². The quantitative estimate of drug-likeness (QED) is 0.0680. The van der Waals surface area contributed by atoms with Crippen LogP contribution in [-0.4, -0.2) is 50.1 Å². The Labute approximate surface area is 658 Å². The molecule has 0 N–H and O–H groups in total. The Morgan fingerprint density at radius 1 is 0.454 bits per heavy atom. The molecule has 12 nitrogen and oxygen atoms in total. The van der Waals surface area contributed by atoms with Crippen molar-refractivity contribution in [3.63, 3.8) is 0 Å². The molecule has 8 aromatic carbocycles. The van der Waals surface area contributed by atoms with Crippen molar-refractivity contribution in [3.8, 4) is 23.0 Å². The van der Waals surface area contributed by atoms with Crippen LogP contribution in [0.25, 0.3) is 0 Å². The Hall–Kier alpha value is -8.00. The van der Waals surface area contributed by atoms with Gasteiger partial charge in [-0.1, -0.05) is 212 Å². The summed E-state index contributed by atoms with van der Waals surface area (Å²) in [5.41, 5.74) is 11.7. The van der Waals surface area contributed by atoms with Gasteiger partial charge < -0.3 is 38.2 Å². The number of rotatable bonds is 20. The fraction of sp³-hybridized carbons (Fsp3) is 0.435. The Balaban J connectivity index is 0.000000190. The van der Waals surface area contributed by atoms with E-state index in [1.807, 2.05) is 72.8 Å². The van der Waals surface area contributed by atoms with Gasteiger partial charge >= 0.3 is 11.9 Å². The molecule has 568 valence electrons. The molecule has 14 rings (SSSR count). The predicted molar refractivity (Wildman–Crippen MR) is 431 cm³/mol. The van der Waals surface area contributed by atoms with Gasteiger partial charge in [-0.2, -0.15) is 0 Å². The minimum absolute atomic E-state index is 0.0547. The van der Waals surface area contributed by atoms with Crippen LogP contribution in [-0.2, 0) is 67.5 Å². The number of carbonyl (C=O) groups is 4. The SMILES string of the molecule is CC[C@@H](c1ccccc1)C1Cc2cc3c(cc2C[C@H]1C(=O)O[C@@H]1C[C@H](C)CC[C@H]1C(C)C)N(C)C(=O)[C@@H](c1ccc(OCc2ccc(Cl)c(Cl)c2)cc1)O3.CC[C@H](c1ccccc1)C1Cc2cc3c(cc2C[C@H]1C(=O)O[C@@H]1C[C@H](C)CC[C@H]1C(C)C)N(C)C(=O)[C@@H](c1ccc(OCc2ccc(Cl)c(Cl)c2)cc1)O3. The first-order valence-corrected chi connectivity index (χ1v) is 40.6. The monoisotopic (exact) mass is 1530 g/mol. The van der Waals surface area contributed by atoms with Crippen LogP contribution in [0.2, 0.25) is 20.1 Å². The lowest BCUT2D eigenvalue weighted by Crippen LogP contribution is -2.42. The highest BCUT2D eigenvalue weighted by Gasteiger charge is 2.46. The minimum Gasteiger partial charge on any atom is -0.489 e. The molecular weight excluding hydrogens is 1430 g/mol. The average Bonchev–Trinajstić information content (AvgIpc) is 0.754. The Morgan fingerprint density at radius 3 is 1.18 bits per heavy atom. The van der Waals surface area contributed by atoms with E-state index in [4.69, 9.17) is 74.8 Å². The zero-order valence-corrected chi connectivity index (χ0v) is 66.8. The molecule has 2 aliphatic heterocycles.